The number of ether oxygens (including phenoxy) is 1. The fourth-order valence-electron chi connectivity index (χ4n) is 2.59. The van der Waals surface area contributed by atoms with Gasteiger partial charge in [0.2, 0.25) is 5.91 Å². The highest BCUT2D eigenvalue weighted by Gasteiger charge is 2.12. The molecule has 0 saturated heterocycles. The van der Waals surface area contributed by atoms with Crippen LogP contribution < -0.4 is 10.6 Å². The van der Waals surface area contributed by atoms with Crippen molar-refractivity contribution in [3.8, 4) is 0 Å². The van der Waals surface area contributed by atoms with Crippen molar-refractivity contribution < 1.29 is 23.9 Å². The van der Waals surface area contributed by atoms with E-state index in [2.05, 4.69) is 10.6 Å². The Balaban J connectivity index is 1.71. The van der Waals surface area contributed by atoms with Crippen molar-refractivity contribution in [2.24, 2.45) is 0 Å². The summed E-state index contributed by atoms with van der Waals surface area (Å²) >= 11 is 0. The van der Waals surface area contributed by atoms with Gasteiger partial charge in [-0.2, -0.15) is 0 Å². The Labute approximate surface area is 169 Å². The van der Waals surface area contributed by atoms with Gasteiger partial charge >= 0.3 is 5.97 Å². The molecule has 0 aliphatic carbocycles. The molecule has 0 radical (unpaired) electrons. The summed E-state index contributed by atoms with van der Waals surface area (Å²) in [5, 5.41) is 5.32. The predicted molar refractivity (Wildman–Crippen MR) is 110 cm³/mol. The number of rotatable bonds is 8. The smallest absolute Gasteiger partial charge is 0.306 e. The van der Waals surface area contributed by atoms with Crippen LogP contribution in [0.15, 0.2) is 42.5 Å². The number of aryl methyl sites for hydroxylation is 2. The molecule has 7 heteroatoms. The summed E-state index contributed by atoms with van der Waals surface area (Å²) < 4.78 is 4.91. The highest BCUT2D eigenvalue weighted by Crippen LogP contribution is 2.16. The molecule has 0 fully saturated rings. The topological polar surface area (TPSA) is 102 Å². The third-order valence-corrected chi connectivity index (χ3v) is 4.15. The molecule has 0 aliphatic rings. The van der Waals surface area contributed by atoms with E-state index >= 15 is 0 Å². The van der Waals surface area contributed by atoms with Crippen molar-refractivity contribution in [2.45, 2.75) is 33.6 Å². The molecular weight excluding hydrogens is 372 g/mol. The Morgan fingerprint density at radius 3 is 2.17 bits per heavy atom. The number of hydrogen-bond acceptors (Lipinski definition) is 5. The fraction of sp³-hybridized carbons (Fsp3) is 0.273. The van der Waals surface area contributed by atoms with Crippen LogP contribution in [0.3, 0.4) is 0 Å². The molecule has 152 valence electrons. The van der Waals surface area contributed by atoms with Crippen LogP contribution in [0.5, 0.6) is 0 Å². The third-order valence-electron chi connectivity index (χ3n) is 4.15. The van der Waals surface area contributed by atoms with Crippen molar-refractivity contribution in [3.05, 3.63) is 59.2 Å². The molecule has 0 aliphatic heterocycles. The Morgan fingerprint density at radius 2 is 1.55 bits per heavy atom. The van der Waals surface area contributed by atoms with Crippen molar-refractivity contribution in [2.75, 3.05) is 17.2 Å². The summed E-state index contributed by atoms with van der Waals surface area (Å²) in [7, 11) is 0. The van der Waals surface area contributed by atoms with Crippen LogP contribution in [0.2, 0.25) is 0 Å². The molecule has 2 amide bonds. The van der Waals surface area contributed by atoms with Crippen molar-refractivity contribution in [1.82, 2.24) is 0 Å². The first-order chi connectivity index (χ1) is 13.7. The van der Waals surface area contributed by atoms with Gasteiger partial charge < -0.3 is 15.4 Å². The molecule has 2 N–H and O–H groups in total. The maximum Gasteiger partial charge on any atom is 0.306 e. The highest BCUT2D eigenvalue weighted by atomic mass is 16.5. The Hall–Kier alpha value is -3.48. The first kappa shape index (κ1) is 21.8. The van der Waals surface area contributed by atoms with Crippen LogP contribution in [0.4, 0.5) is 11.4 Å². The quantitative estimate of drug-likeness (QED) is 0.526. The van der Waals surface area contributed by atoms with Gasteiger partial charge in [0, 0.05) is 23.4 Å². The second kappa shape index (κ2) is 10.2. The van der Waals surface area contributed by atoms with Crippen LogP contribution in [0.1, 0.15) is 41.3 Å². The minimum atomic E-state index is -0.636. The van der Waals surface area contributed by atoms with Gasteiger partial charge in [-0.15, -0.1) is 0 Å². The molecule has 2 aromatic rings. The lowest BCUT2D eigenvalue weighted by atomic mass is 10.1. The molecule has 0 saturated carbocycles. The van der Waals surface area contributed by atoms with E-state index in [1.807, 2.05) is 26.0 Å². The predicted octanol–water partition coefficient (Wildman–Crippen LogP) is 3.41. The number of carbonyl (C=O) groups excluding carboxylic acids is 4. The number of amides is 2. The second-order valence-electron chi connectivity index (χ2n) is 6.71. The van der Waals surface area contributed by atoms with Gasteiger partial charge in [0.05, 0.1) is 6.42 Å². The summed E-state index contributed by atoms with van der Waals surface area (Å²) in [5.41, 5.74) is 3.73. The molecule has 2 aromatic carbocycles. The minimum Gasteiger partial charge on any atom is -0.456 e. The van der Waals surface area contributed by atoms with E-state index in [-0.39, 0.29) is 24.5 Å². The van der Waals surface area contributed by atoms with Crippen LogP contribution in [-0.2, 0) is 19.1 Å². The van der Waals surface area contributed by atoms with Crippen LogP contribution in [0, 0.1) is 13.8 Å². The lowest BCUT2D eigenvalue weighted by Crippen LogP contribution is -2.22. The Bertz CT molecular complexity index is 919. The van der Waals surface area contributed by atoms with E-state index in [1.54, 1.807) is 30.3 Å². The molecule has 0 atom stereocenters. The zero-order chi connectivity index (χ0) is 21.4. The van der Waals surface area contributed by atoms with Crippen molar-refractivity contribution in [1.29, 1.82) is 0 Å². The average Bonchev–Trinajstić information content (AvgIpc) is 2.67. The van der Waals surface area contributed by atoms with Crippen LogP contribution in [-0.4, -0.2) is 30.2 Å². The monoisotopic (exact) mass is 396 g/mol. The molecule has 0 spiro atoms. The van der Waals surface area contributed by atoms with E-state index in [4.69, 9.17) is 4.74 Å². The summed E-state index contributed by atoms with van der Waals surface area (Å²) in [6.07, 6.45) is -0.222. The summed E-state index contributed by atoms with van der Waals surface area (Å²) in [6.45, 7) is 4.88. The normalized spacial score (nSPS) is 10.2. The van der Waals surface area contributed by atoms with E-state index in [9.17, 15) is 19.2 Å². The van der Waals surface area contributed by atoms with Gasteiger partial charge in [-0.05, 0) is 56.7 Å². The first-order valence-electron chi connectivity index (χ1n) is 9.18. The van der Waals surface area contributed by atoms with Gasteiger partial charge in [0.25, 0.3) is 5.91 Å². The van der Waals surface area contributed by atoms with Crippen molar-refractivity contribution in [3.63, 3.8) is 0 Å². The second-order valence-corrected chi connectivity index (χ2v) is 6.71. The summed E-state index contributed by atoms with van der Waals surface area (Å²) in [4.78, 5) is 46.8. The number of benzene rings is 2. The molecule has 0 aromatic heterocycles. The highest BCUT2D eigenvalue weighted by molar-refractivity contribution is 5.96. The SMILES string of the molecule is CC(=O)c1ccc(NC(=O)CCC(=O)OCC(=O)Nc2ccc(C)cc2C)cc1. The van der Waals surface area contributed by atoms with E-state index < -0.39 is 18.5 Å². The zero-order valence-corrected chi connectivity index (χ0v) is 16.7. The summed E-state index contributed by atoms with van der Waals surface area (Å²) in [6, 6.07) is 12.1. The average molecular weight is 396 g/mol. The molecular formula is C22H24N2O5. The number of anilines is 2. The number of nitrogens with one attached hydrogen (secondary N) is 2. The van der Waals surface area contributed by atoms with E-state index in [0.29, 0.717) is 16.9 Å². The maximum absolute atomic E-state index is 11.9. The van der Waals surface area contributed by atoms with Gasteiger partial charge in [-0.1, -0.05) is 17.7 Å². The van der Waals surface area contributed by atoms with Gasteiger partial charge in [0.1, 0.15) is 0 Å². The molecule has 0 unspecified atom stereocenters. The minimum absolute atomic E-state index is 0.0628. The molecule has 2 rings (SSSR count). The molecule has 0 heterocycles. The number of hydrogen-bond donors (Lipinski definition) is 2. The van der Waals surface area contributed by atoms with E-state index in [1.165, 1.54) is 6.92 Å². The number of ketones is 1. The third kappa shape index (κ3) is 7.21. The lowest BCUT2D eigenvalue weighted by molar-refractivity contribution is -0.147. The first-order valence-corrected chi connectivity index (χ1v) is 9.18. The van der Waals surface area contributed by atoms with Gasteiger partial charge in [-0.25, -0.2) is 0 Å². The standard InChI is InChI=1S/C22H24N2O5/c1-14-4-9-19(15(2)12-14)24-21(27)13-29-22(28)11-10-20(26)23-18-7-5-17(6-8-18)16(3)25/h4-9,12H,10-11,13H2,1-3H3,(H,23,26)(H,24,27). The number of esters is 1. The maximum atomic E-state index is 11.9. The fourth-order valence-corrected chi connectivity index (χ4v) is 2.59. The Kier molecular flexibility index (Phi) is 7.65. The Morgan fingerprint density at radius 1 is 0.862 bits per heavy atom. The van der Waals surface area contributed by atoms with Crippen LogP contribution >= 0.6 is 0 Å². The lowest BCUT2D eigenvalue weighted by Gasteiger charge is -2.10. The van der Waals surface area contributed by atoms with Gasteiger partial charge in [-0.3, -0.25) is 19.2 Å². The number of carbonyl (C=O) groups is 4. The van der Waals surface area contributed by atoms with Gasteiger partial charge in [0.15, 0.2) is 12.4 Å². The molecule has 29 heavy (non-hydrogen) atoms. The largest absolute Gasteiger partial charge is 0.456 e. The van der Waals surface area contributed by atoms with E-state index in [0.717, 1.165) is 11.1 Å². The van der Waals surface area contributed by atoms with Crippen molar-refractivity contribution >= 4 is 34.9 Å². The van der Waals surface area contributed by atoms with Crippen LogP contribution in [0.25, 0.3) is 0 Å². The zero-order valence-electron chi connectivity index (χ0n) is 16.7. The molecule has 7 nitrogen and oxygen atoms in total. The number of Topliss-reactive ketones (excluding diaryl/α,β-unsaturated/α-hetero) is 1. The molecule has 0 bridgehead atoms. The summed E-state index contributed by atoms with van der Waals surface area (Å²) in [5.74, 6) is -1.51.